The minimum atomic E-state index is 0.0283. The Kier molecular flexibility index (Phi) is 7.39. The lowest BCUT2D eigenvalue weighted by Crippen LogP contribution is -2.40. The summed E-state index contributed by atoms with van der Waals surface area (Å²) in [5, 5.41) is 0. The molecule has 6 nitrogen and oxygen atoms in total. The molecule has 0 bridgehead atoms. The van der Waals surface area contributed by atoms with Gasteiger partial charge < -0.3 is 24.0 Å². The molecule has 29 heavy (non-hydrogen) atoms. The maximum Gasteiger partial charge on any atom is 0.260 e. The van der Waals surface area contributed by atoms with E-state index in [1.165, 1.54) is 5.56 Å². The van der Waals surface area contributed by atoms with Crippen LogP contribution in [-0.2, 0) is 6.42 Å². The molecule has 0 fully saturated rings. The predicted octanol–water partition coefficient (Wildman–Crippen LogP) is 3.82. The number of hydrogen-bond acceptors (Lipinski definition) is 5. The van der Waals surface area contributed by atoms with Gasteiger partial charge in [-0.1, -0.05) is 22.0 Å². The smallest absolute Gasteiger partial charge is 0.260 e. The average molecular weight is 463 g/mol. The molecule has 0 spiro atoms. The highest BCUT2D eigenvalue weighted by Crippen LogP contribution is 2.29. The summed E-state index contributed by atoms with van der Waals surface area (Å²) in [6, 6.07) is 11.6. The number of amides is 1. The van der Waals surface area contributed by atoms with Crippen molar-refractivity contribution in [2.75, 3.05) is 47.6 Å². The Morgan fingerprint density at radius 2 is 1.90 bits per heavy atom. The molecule has 0 aliphatic carbocycles. The van der Waals surface area contributed by atoms with Crippen LogP contribution < -0.4 is 14.2 Å². The van der Waals surface area contributed by atoms with Crippen molar-refractivity contribution in [3.05, 3.63) is 52.0 Å². The zero-order valence-electron chi connectivity index (χ0n) is 17.1. The van der Waals surface area contributed by atoms with Crippen molar-refractivity contribution in [1.82, 2.24) is 9.80 Å². The fourth-order valence-corrected chi connectivity index (χ4v) is 3.70. The second kappa shape index (κ2) is 9.98. The molecule has 3 rings (SSSR count). The molecule has 0 aromatic heterocycles. The molecular formula is C22H27BrN2O4. The number of methoxy groups -OCH3 is 2. The van der Waals surface area contributed by atoms with Crippen LogP contribution in [0.4, 0.5) is 0 Å². The average Bonchev–Trinajstić information content (AvgIpc) is 2.74. The lowest BCUT2D eigenvalue weighted by molar-refractivity contribution is 0.0512. The van der Waals surface area contributed by atoms with Gasteiger partial charge in [0.15, 0.2) is 18.2 Å². The lowest BCUT2D eigenvalue weighted by Gasteiger charge is -2.29. The van der Waals surface area contributed by atoms with Crippen molar-refractivity contribution in [2.24, 2.45) is 0 Å². The monoisotopic (exact) mass is 462 g/mol. The maximum absolute atomic E-state index is 12.7. The van der Waals surface area contributed by atoms with Crippen molar-refractivity contribution in [2.45, 2.75) is 12.8 Å². The SMILES string of the molecule is COc1ccc(CCN(C)CCCN2COc3ccc(Br)cc3C2=O)cc1OC. The van der Waals surface area contributed by atoms with E-state index < -0.39 is 0 Å². The van der Waals surface area contributed by atoms with Crippen LogP contribution in [0, 0.1) is 0 Å². The molecule has 1 aliphatic heterocycles. The van der Waals surface area contributed by atoms with E-state index >= 15 is 0 Å². The van der Waals surface area contributed by atoms with Crippen LogP contribution in [0.15, 0.2) is 40.9 Å². The first-order chi connectivity index (χ1) is 14.0. The zero-order chi connectivity index (χ0) is 20.8. The summed E-state index contributed by atoms with van der Waals surface area (Å²) in [5.74, 6) is 2.18. The van der Waals surface area contributed by atoms with Crippen LogP contribution in [-0.4, -0.2) is 63.3 Å². The third kappa shape index (κ3) is 5.42. The Morgan fingerprint density at radius 3 is 2.66 bits per heavy atom. The number of carbonyl (C=O) groups is 1. The van der Waals surface area contributed by atoms with Crippen molar-refractivity contribution >= 4 is 21.8 Å². The summed E-state index contributed by atoms with van der Waals surface area (Å²) in [6.07, 6.45) is 1.81. The van der Waals surface area contributed by atoms with E-state index in [1.54, 1.807) is 19.1 Å². The van der Waals surface area contributed by atoms with Crippen molar-refractivity contribution in [1.29, 1.82) is 0 Å². The van der Waals surface area contributed by atoms with Gasteiger partial charge in [-0.2, -0.15) is 0 Å². The van der Waals surface area contributed by atoms with E-state index in [2.05, 4.69) is 33.9 Å². The fourth-order valence-electron chi connectivity index (χ4n) is 3.34. The Morgan fingerprint density at radius 1 is 1.10 bits per heavy atom. The molecule has 1 heterocycles. The van der Waals surface area contributed by atoms with Gasteiger partial charge in [-0.05, 0) is 62.3 Å². The summed E-state index contributed by atoms with van der Waals surface area (Å²) in [6.45, 7) is 2.81. The highest BCUT2D eigenvalue weighted by atomic mass is 79.9. The third-order valence-corrected chi connectivity index (χ3v) is 5.53. The van der Waals surface area contributed by atoms with Gasteiger partial charge in [0.25, 0.3) is 5.91 Å². The minimum absolute atomic E-state index is 0.0283. The molecule has 0 N–H and O–H groups in total. The summed E-state index contributed by atoms with van der Waals surface area (Å²) >= 11 is 3.42. The zero-order valence-corrected chi connectivity index (χ0v) is 18.7. The van der Waals surface area contributed by atoms with Gasteiger partial charge in [-0.15, -0.1) is 0 Å². The molecule has 7 heteroatoms. The normalized spacial score (nSPS) is 13.3. The first-order valence-corrected chi connectivity index (χ1v) is 10.4. The van der Waals surface area contributed by atoms with Crippen LogP contribution in [0.5, 0.6) is 17.2 Å². The molecule has 0 unspecified atom stereocenters. The van der Waals surface area contributed by atoms with Gasteiger partial charge in [0.05, 0.1) is 19.8 Å². The molecular weight excluding hydrogens is 436 g/mol. The first-order valence-electron chi connectivity index (χ1n) is 9.63. The highest BCUT2D eigenvalue weighted by Gasteiger charge is 2.25. The number of ether oxygens (including phenoxy) is 3. The van der Waals surface area contributed by atoms with Crippen molar-refractivity contribution in [3.63, 3.8) is 0 Å². The van der Waals surface area contributed by atoms with E-state index in [0.717, 1.165) is 41.9 Å². The largest absolute Gasteiger partial charge is 0.493 e. The number of fused-ring (bicyclic) bond motifs is 1. The molecule has 0 saturated carbocycles. The van der Waals surface area contributed by atoms with Crippen LogP contribution >= 0.6 is 15.9 Å². The third-order valence-electron chi connectivity index (χ3n) is 5.03. The summed E-state index contributed by atoms with van der Waals surface area (Å²) in [4.78, 5) is 16.7. The number of rotatable bonds is 9. The molecule has 1 aliphatic rings. The van der Waals surface area contributed by atoms with Gasteiger partial charge in [0, 0.05) is 17.6 Å². The molecule has 0 radical (unpaired) electrons. The molecule has 0 saturated heterocycles. The second-order valence-electron chi connectivity index (χ2n) is 7.08. The molecule has 2 aromatic rings. The molecule has 2 aromatic carbocycles. The first kappa shape index (κ1) is 21.5. The maximum atomic E-state index is 12.7. The Bertz CT molecular complexity index is 859. The standard InChI is InChI=1S/C22H27BrN2O4/c1-24(12-9-16-5-7-20(27-2)21(13-16)28-3)10-4-11-25-15-29-19-8-6-17(23)14-18(19)22(25)26/h5-8,13-14H,4,9-12,15H2,1-3H3. The van der Waals surface area contributed by atoms with E-state index in [0.29, 0.717) is 24.6 Å². The van der Waals surface area contributed by atoms with E-state index in [4.69, 9.17) is 14.2 Å². The number of hydrogen-bond donors (Lipinski definition) is 0. The second-order valence-corrected chi connectivity index (χ2v) is 7.99. The van der Waals surface area contributed by atoms with Crippen molar-refractivity contribution in [3.8, 4) is 17.2 Å². The Hall–Kier alpha value is -2.25. The van der Waals surface area contributed by atoms with Crippen molar-refractivity contribution < 1.29 is 19.0 Å². The van der Waals surface area contributed by atoms with Crippen LogP contribution in [0.1, 0.15) is 22.3 Å². The lowest BCUT2D eigenvalue weighted by atomic mass is 10.1. The van der Waals surface area contributed by atoms with Crippen LogP contribution in [0.2, 0.25) is 0 Å². The van der Waals surface area contributed by atoms with Gasteiger partial charge in [0.2, 0.25) is 0 Å². The number of benzene rings is 2. The van der Waals surface area contributed by atoms with Gasteiger partial charge in [-0.3, -0.25) is 4.79 Å². The van der Waals surface area contributed by atoms with E-state index in [1.807, 2.05) is 30.3 Å². The minimum Gasteiger partial charge on any atom is -0.493 e. The van der Waals surface area contributed by atoms with Gasteiger partial charge in [0.1, 0.15) is 5.75 Å². The Labute approximate surface area is 180 Å². The van der Waals surface area contributed by atoms with Crippen LogP contribution in [0.3, 0.4) is 0 Å². The highest BCUT2D eigenvalue weighted by molar-refractivity contribution is 9.10. The quantitative estimate of drug-likeness (QED) is 0.566. The Balaban J connectivity index is 1.44. The van der Waals surface area contributed by atoms with E-state index in [-0.39, 0.29) is 5.91 Å². The molecule has 0 atom stereocenters. The summed E-state index contributed by atoms with van der Waals surface area (Å²) in [5.41, 5.74) is 1.82. The van der Waals surface area contributed by atoms with Gasteiger partial charge in [-0.25, -0.2) is 0 Å². The predicted molar refractivity (Wildman–Crippen MR) is 116 cm³/mol. The van der Waals surface area contributed by atoms with Crippen LogP contribution in [0.25, 0.3) is 0 Å². The van der Waals surface area contributed by atoms with Gasteiger partial charge >= 0.3 is 0 Å². The number of likely N-dealkylation sites (N-methyl/N-ethyl adjacent to an activating group) is 1. The number of carbonyl (C=O) groups excluding carboxylic acids is 1. The number of halogens is 1. The number of nitrogens with zero attached hydrogens (tertiary/aromatic N) is 2. The fraction of sp³-hybridized carbons (Fsp3) is 0.409. The van der Waals surface area contributed by atoms with E-state index in [9.17, 15) is 4.79 Å². The summed E-state index contributed by atoms with van der Waals surface area (Å²) < 4.78 is 17.2. The summed E-state index contributed by atoms with van der Waals surface area (Å²) in [7, 11) is 5.39. The molecule has 1 amide bonds. The topological polar surface area (TPSA) is 51.2 Å². The molecule has 156 valence electrons.